The lowest BCUT2D eigenvalue weighted by Gasteiger charge is -2.59. The Morgan fingerprint density at radius 3 is 2.65 bits per heavy atom. The average Bonchev–Trinajstić information content (AvgIpc) is 2.98. The molecule has 3 heteroatoms. The van der Waals surface area contributed by atoms with Crippen molar-refractivity contribution < 1.29 is 10.2 Å². The molecule has 0 amide bonds. The molecule has 0 aromatic heterocycles. The van der Waals surface area contributed by atoms with Crippen LogP contribution < -0.4 is 0 Å². The van der Waals surface area contributed by atoms with Crippen molar-refractivity contribution in [1.29, 1.82) is 5.26 Å². The van der Waals surface area contributed by atoms with E-state index in [9.17, 15) is 15.5 Å². The van der Waals surface area contributed by atoms with Crippen molar-refractivity contribution in [2.24, 2.45) is 34.5 Å². The molecular weight excluding hydrogens is 322 g/mol. The first-order valence-corrected chi connectivity index (χ1v) is 10.9. The van der Waals surface area contributed by atoms with Crippen LogP contribution in [0.1, 0.15) is 78.1 Å². The molecular formula is C23H37NO2. The molecule has 3 fully saturated rings. The number of fused-ring (bicyclic) bond motifs is 3. The molecule has 0 radical (unpaired) electrons. The van der Waals surface area contributed by atoms with Crippen LogP contribution in [0.25, 0.3) is 0 Å². The summed E-state index contributed by atoms with van der Waals surface area (Å²) >= 11 is 0. The van der Waals surface area contributed by atoms with Gasteiger partial charge in [0, 0.05) is 19.3 Å². The molecule has 0 aromatic rings. The molecule has 0 aromatic carbocycles. The summed E-state index contributed by atoms with van der Waals surface area (Å²) in [6, 6.07) is 2.29. The van der Waals surface area contributed by atoms with Crippen LogP contribution in [0, 0.1) is 45.8 Å². The average molecular weight is 360 g/mol. The highest BCUT2D eigenvalue weighted by Crippen LogP contribution is 2.66. The van der Waals surface area contributed by atoms with Gasteiger partial charge in [-0.1, -0.05) is 32.3 Å². The van der Waals surface area contributed by atoms with Gasteiger partial charge >= 0.3 is 0 Å². The number of unbranched alkanes of at least 4 members (excludes halogenated alkanes) is 1. The van der Waals surface area contributed by atoms with E-state index in [2.05, 4.69) is 19.9 Å². The molecule has 0 unspecified atom stereocenters. The van der Waals surface area contributed by atoms with E-state index in [1.165, 1.54) is 37.7 Å². The second-order valence-corrected chi connectivity index (χ2v) is 9.45. The summed E-state index contributed by atoms with van der Waals surface area (Å²) in [7, 11) is 0. The molecule has 6 atom stereocenters. The van der Waals surface area contributed by atoms with Crippen LogP contribution in [0.2, 0.25) is 0 Å². The molecule has 146 valence electrons. The number of nitriles is 1. The Kier molecular flexibility index (Phi) is 6.14. The maximum absolute atomic E-state index is 10.6. The zero-order chi connectivity index (χ0) is 18.8. The SMILES string of the molecule is CCCC[C@@]1(CO)[C@H](CCO)CC[C@@H]2[C@@H]1CC[C@]1(C)/C(=C\C#N)CC[C@@H]21. The molecule has 0 heterocycles. The van der Waals surface area contributed by atoms with Gasteiger partial charge in [-0.25, -0.2) is 0 Å². The van der Waals surface area contributed by atoms with E-state index in [0.717, 1.165) is 32.1 Å². The highest BCUT2D eigenvalue weighted by atomic mass is 16.3. The van der Waals surface area contributed by atoms with Gasteiger partial charge in [-0.2, -0.15) is 5.26 Å². The maximum atomic E-state index is 10.6. The van der Waals surface area contributed by atoms with Crippen molar-refractivity contribution >= 4 is 0 Å². The van der Waals surface area contributed by atoms with Crippen molar-refractivity contribution in [2.75, 3.05) is 13.2 Å². The number of hydrogen-bond donors (Lipinski definition) is 2. The number of hydrogen-bond acceptors (Lipinski definition) is 3. The second-order valence-electron chi connectivity index (χ2n) is 9.45. The van der Waals surface area contributed by atoms with Crippen LogP contribution >= 0.6 is 0 Å². The molecule has 0 bridgehead atoms. The molecule has 3 rings (SSSR count). The normalized spacial score (nSPS) is 43.7. The molecule has 3 saturated carbocycles. The van der Waals surface area contributed by atoms with Crippen molar-refractivity contribution in [1.82, 2.24) is 0 Å². The zero-order valence-corrected chi connectivity index (χ0v) is 16.7. The van der Waals surface area contributed by atoms with E-state index < -0.39 is 0 Å². The molecule has 3 aliphatic rings. The standard InChI is InChI=1S/C23H37NO2/c1-3-4-12-23(16-26)18(11-15-25)5-7-19-20-8-6-17(10-14-24)22(20,2)13-9-21(19)23/h10,18-21,25-26H,3-9,11-13,15-16H2,1-2H3/b17-10-/t18-,19-,20-,21-,22+,23+/m0/s1. The minimum atomic E-state index is 0.00465. The van der Waals surface area contributed by atoms with Crippen LogP contribution in [-0.2, 0) is 0 Å². The Labute approximate surface area is 159 Å². The third-order valence-electron chi connectivity index (χ3n) is 8.69. The lowest BCUT2D eigenvalue weighted by atomic mass is 9.46. The number of allylic oxidation sites excluding steroid dienone is 2. The second kappa shape index (κ2) is 8.03. The number of nitrogens with zero attached hydrogens (tertiary/aromatic N) is 1. The largest absolute Gasteiger partial charge is 0.396 e. The third kappa shape index (κ3) is 3.04. The topological polar surface area (TPSA) is 64.2 Å². The maximum Gasteiger partial charge on any atom is 0.0911 e. The van der Waals surface area contributed by atoms with Gasteiger partial charge in [0.15, 0.2) is 0 Å². The van der Waals surface area contributed by atoms with Gasteiger partial charge in [0.25, 0.3) is 0 Å². The highest BCUT2D eigenvalue weighted by molar-refractivity contribution is 5.28. The molecule has 2 N–H and O–H groups in total. The van der Waals surface area contributed by atoms with Crippen LogP contribution in [-0.4, -0.2) is 23.4 Å². The quantitative estimate of drug-likeness (QED) is 0.667. The summed E-state index contributed by atoms with van der Waals surface area (Å²) in [5, 5.41) is 29.4. The molecule has 3 aliphatic carbocycles. The lowest BCUT2D eigenvalue weighted by Crippen LogP contribution is -2.54. The van der Waals surface area contributed by atoms with E-state index in [1.54, 1.807) is 0 Å². The van der Waals surface area contributed by atoms with Crippen LogP contribution in [0.15, 0.2) is 11.6 Å². The lowest BCUT2D eigenvalue weighted by molar-refractivity contribution is -0.122. The molecule has 26 heavy (non-hydrogen) atoms. The zero-order valence-electron chi connectivity index (χ0n) is 16.7. The first kappa shape index (κ1) is 19.9. The van der Waals surface area contributed by atoms with Gasteiger partial charge in [0.2, 0.25) is 0 Å². The smallest absolute Gasteiger partial charge is 0.0911 e. The Bertz CT molecular complexity index is 565. The Morgan fingerprint density at radius 2 is 2.00 bits per heavy atom. The predicted molar refractivity (Wildman–Crippen MR) is 104 cm³/mol. The monoisotopic (exact) mass is 359 g/mol. The van der Waals surface area contributed by atoms with Crippen LogP contribution in [0.5, 0.6) is 0 Å². The van der Waals surface area contributed by atoms with Gasteiger partial charge in [0.05, 0.1) is 6.07 Å². The Balaban J connectivity index is 1.92. The summed E-state index contributed by atoms with van der Waals surface area (Å²) < 4.78 is 0. The number of aliphatic hydroxyl groups is 2. The fourth-order valence-corrected chi connectivity index (χ4v) is 7.36. The third-order valence-corrected chi connectivity index (χ3v) is 8.69. The van der Waals surface area contributed by atoms with Gasteiger partial charge < -0.3 is 10.2 Å². The van der Waals surface area contributed by atoms with E-state index in [-0.39, 0.29) is 24.0 Å². The Hall–Kier alpha value is -0.850. The van der Waals surface area contributed by atoms with Crippen molar-refractivity contribution in [3.05, 3.63) is 11.6 Å². The van der Waals surface area contributed by atoms with E-state index >= 15 is 0 Å². The highest BCUT2D eigenvalue weighted by Gasteiger charge is 2.59. The predicted octanol–water partition coefficient (Wildman–Crippen LogP) is 4.84. The van der Waals surface area contributed by atoms with Crippen LogP contribution in [0.3, 0.4) is 0 Å². The number of rotatable bonds is 6. The summed E-state index contributed by atoms with van der Waals surface area (Å²) in [6.07, 6.45) is 13.1. The molecule has 3 nitrogen and oxygen atoms in total. The first-order chi connectivity index (χ1) is 12.6. The summed E-state index contributed by atoms with van der Waals surface area (Å²) in [4.78, 5) is 0. The van der Waals surface area contributed by atoms with E-state index in [1.807, 2.05) is 6.08 Å². The number of aliphatic hydroxyl groups excluding tert-OH is 2. The fourth-order valence-electron chi connectivity index (χ4n) is 7.36. The first-order valence-electron chi connectivity index (χ1n) is 10.9. The van der Waals surface area contributed by atoms with E-state index in [4.69, 9.17) is 0 Å². The van der Waals surface area contributed by atoms with Crippen LogP contribution in [0.4, 0.5) is 0 Å². The fraction of sp³-hybridized carbons (Fsp3) is 0.870. The molecule has 0 spiro atoms. The van der Waals surface area contributed by atoms with Gasteiger partial charge in [0.1, 0.15) is 0 Å². The van der Waals surface area contributed by atoms with E-state index in [0.29, 0.717) is 23.7 Å². The minimum absolute atomic E-state index is 0.00465. The molecule has 0 aliphatic heterocycles. The summed E-state index contributed by atoms with van der Waals surface area (Å²) in [6.45, 7) is 5.16. The summed E-state index contributed by atoms with van der Waals surface area (Å²) in [5.41, 5.74) is 1.58. The Morgan fingerprint density at radius 1 is 1.19 bits per heavy atom. The van der Waals surface area contributed by atoms with Crippen molar-refractivity contribution in [3.63, 3.8) is 0 Å². The van der Waals surface area contributed by atoms with Crippen molar-refractivity contribution in [3.8, 4) is 6.07 Å². The molecule has 0 saturated heterocycles. The van der Waals surface area contributed by atoms with Crippen molar-refractivity contribution in [2.45, 2.75) is 78.1 Å². The van der Waals surface area contributed by atoms with Gasteiger partial charge in [-0.3, -0.25) is 0 Å². The van der Waals surface area contributed by atoms with Gasteiger partial charge in [-0.05, 0) is 85.9 Å². The minimum Gasteiger partial charge on any atom is -0.396 e. The van der Waals surface area contributed by atoms with Gasteiger partial charge in [-0.15, -0.1) is 0 Å². The summed E-state index contributed by atoms with van der Waals surface area (Å²) in [5.74, 6) is 2.40.